The molecule has 3 aromatic heterocycles. The van der Waals surface area contributed by atoms with Crippen LogP contribution in [-0.4, -0.2) is 54.9 Å². The maximum Gasteiger partial charge on any atom is 0.247 e. The van der Waals surface area contributed by atoms with Crippen molar-refractivity contribution in [1.29, 1.82) is 0 Å². The maximum atomic E-state index is 12.4. The Bertz CT molecular complexity index is 977. The fraction of sp³-hybridized carbons (Fsp3) is 0.350. The first kappa shape index (κ1) is 20.2. The first-order valence-electron chi connectivity index (χ1n) is 9.34. The van der Waals surface area contributed by atoms with E-state index in [1.54, 1.807) is 48.0 Å². The Kier molecular flexibility index (Phi) is 6.06. The van der Waals surface area contributed by atoms with Crippen molar-refractivity contribution in [3.05, 3.63) is 59.8 Å². The third-order valence-corrected chi connectivity index (χ3v) is 4.56. The van der Waals surface area contributed by atoms with Crippen LogP contribution in [0.3, 0.4) is 0 Å². The Morgan fingerprint density at radius 1 is 1.28 bits per heavy atom. The zero-order chi connectivity index (χ0) is 21.0. The molecule has 0 aromatic carbocycles. The summed E-state index contributed by atoms with van der Waals surface area (Å²) >= 11 is 0. The standard InChI is InChI=1S/C20H25N7O2/c1-14-10-15(2)27(24-14)18-7-6-17(11-21-18)12-22-19(28)13-25(4)20(29)16(3)26-9-5-8-23-26/h5-11,16H,12-13H2,1-4H3,(H,22,28). The highest BCUT2D eigenvalue weighted by atomic mass is 16.2. The Labute approximate surface area is 169 Å². The second kappa shape index (κ2) is 8.68. The molecule has 1 N–H and O–H groups in total. The first-order valence-corrected chi connectivity index (χ1v) is 9.34. The summed E-state index contributed by atoms with van der Waals surface area (Å²) in [6.07, 6.45) is 5.05. The van der Waals surface area contributed by atoms with Crippen LogP contribution in [0.5, 0.6) is 0 Å². The van der Waals surface area contributed by atoms with Crippen LogP contribution in [0.15, 0.2) is 42.9 Å². The van der Waals surface area contributed by atoms with Crippen molar-refractivity contribution in [3.63, 3.8) is 0 Å². The molecule has 2 amide bonds. The number of pyridine rings is 1. The SMILES string of the molecule is Cc1cc(C)n(-c2ccc(CNC(=O)CN(C)C(=O)C(C)n3cccn3)cn2)n1. The summed E-state index contributed by atoms with van der Waals surface area (Å²) in [7, 11) is 1.60. The molecule has 0 saturated heterocycles. The van der Waals surface area contributed by atoms with Gasteiger partial charge in [0.15, 0.2) is 5.82 Å². The van der Waals surface area contributed by atoms with E-state index in [0.717, 1.165) is 22.8 Å². The molecule has 9 heteroatoms. The number of hydrogen-bond acceptors (Lipinski definition) is 5. The molecule has 0 radical (unpaired) electrons. The number of aromatic nitrogens is 5. The molecule has 0 fully saturated rings. The lowest BCUT2D eigenvalue weighted by Crippen LogP contribution is -2.40. The molecular weight excluding hydrogens is 370 g/mol. The fourth-order valence-corrected chi connectivity index (χ4v) is 3.00. The number of likely N-dealkylation sites (N-methyl/N-ethyl adjacent to an activating group) is 1. The molecule has 29 heavy (non-hydrogen) atoms. The van der Waals surface area contributed by atoms with Gasteiger partial charge in [-0.3, -0.25) is 14.3 Å². The van der Waals surface area contributed by atoms with E-state index in [1.165, 1.54) is 4.90 Å². The van der Waals surface area contributed by atoms with E-state index in [-0.39, 0.29) is 18.4 Å². The van der Waals surface area contributed by atoms with E-state index < -0.39 is 6.04 Å². The monoisotopic (exact) mass is 395 g/mol. The predicted octanol–water partition coefficient (Wildman–Crippen LogP) is 1.42. The quantitative estimate of drug-likeness (QED) is 0.652. The molecule has 1 unspecified atom stereocenters. The van der Waals surface area contributed by atoms with Gasteiger partial charge in [0.05, 0.1) is 12.2 Å². The number of hydrogen-bond donors (Lipinski definition) is 1. The second-order valence-corrected chi connectivity index (χ2v) is 7.00. The van der Waals surface area contributed by atoms with Crippen molar-refractivity contribution < 1.29 is 9.59 Å². The van der Waals surface area contributed by atoms with Gasteiger partial charge in [0, 0.05) is 37.9 Å². The summed E-state index contributed by atoms with van der Waals surface area (Å²) < 4.78 is 3.34. The Morgan fingerprint density at radius 3 is 2.66 bits per heavy atom. The average Bonchev–Trinajstić information content (AvgIpc) is 3.35. The summed E-state index contributed by atoms with van der Waals surface area (Å²) in [6.45, 7) is 5.97. The predicted molar refractivity (Wildman–Crippen MR) is 107 cm³/mol. The molecule has 0 bridgehead atoms. The summed E-state index contributed by atoms with van der Waals surface area (Å²) in [5.41, 5.74) is 2.80. The second-order valence-electron chi connectivity index (χ2n) is 7.00. The minimum atomic E-state index is -0.464. The summed E-state index contributed by atoms with van der Waals surface area (Å²) in [5.74, 6) is 0.305. The Hall–Kier alpha value is -3.49. The maximum absolute atomic E-state index is 12.4. The van der Waals surface area contributed by atoms with Crippen molar-refractivity contribution in [2.24, 2.45) is 0 Å². The molecular formula is C20H25N7O2. The van der Waals surface area contributed by atoms with E-state index in [2.05, 4.69) is 20.5 Å². The third-order valence-electron chi connectivity index (χ3n) is 4.56. The molecule has 0 spiro atoms. The number of aryl methyl sites for hydroxylation is 2. The van der Waals surface area contributed by atoms with E-state index >= 15 is 0 Å². The van der Waals surface area contributed by atoms with Crippen LogP contribution >= 0.6 is 0 Å². The van der Waals surface area contributed by atoms with E-state index in [9.17, 15) is 9.59 Å². The fourth-order valence-electron chi connectivity index (χ4n) is 3.00. The Morgan fingerprint density at radius 2 is 2.07 bits per heavy atom. The van der Waals surface area contributed by atoms with Gasteiger partial charge >= 0.3 is 0 Å². The van der Waals surface area contributed by atoms with Crippen LogP contribution in [0.1, 0.15) is 29.9 Å². The number of carbonyl (C=O) groups excluding carboxylic acids is 2. The normalized spacial score (nSPS) is 11.9. The van der Waals surface area contributed by atoms with Gasteiger partial charge < -0.3 is 10.2 Å². The van der Waals surface area contributed by atoms with Crippen molar-refractivity contribution in [2.45, 2.75) is 33.4 Å². The van der Waals surface area contributed by atoms with Gasteiger partial charge in [-0.15, -0.1) is 0 Å². The lowest BCUT2D eigenvalue weighted by Gasteiger charge is -2.21. The lowest BCUT2D eigenvalue weighted by atomic mass is 10.2. The van der Waals surface area contributed by atoms with Gasteiger partial charge in [-0.1, -0.05) is 6.07 Å². The minimum Gasteiger partial charge on any atom is -0.350 e. The molecule has 3 heterocycles. The number of rotatable bonds is 7. The summed E-state index contributed by atoms with van der Waals surface area (Å²) in [4.78, 5) is 30.4. The van der Waals surface area contributed by atoms with Gasteiger partial charge in [0.25, 0.3) is 0 Å². The smallest absolute Gasteiger partial charge is 0.247 e. The molecule has 3 rings (SSSR count). The molecule has 0 aliphatic rings. The van der Waals surface area contributed by atoms with Gasteiger partial charge in [0.1, 0.15) is 6.04 Å². The lowest BCUT2D eigenvalue weighted by molar-refractivity contribution is -0.137. The van der Waals surface area contributed by atoms with E-state index in [0.29, 0.717) is 6.54 Å². The van der Waals surface area contributed by atoms with Gasteiger partial charge in [-0.2, -0.15) is 10.2 Å². The number of amides is 2. The van der Waals surface area contributed by atoms with Gasteiger partial charge in [0.2, 0.25) is 11.8 Å². The third kappa shape index (κ3) is 4.87. The van der Waals surface area contributed by atoms with Gasteiger partial charge in [-0.25, -0.2) is 9.67 Å². The minimum absolute atomic E-state index is 0.0261. The molecule has 0 saturated carbocycles. The highest BCUT2D eigenvalue weighted by Gasteiger charge is 2.21. The number of carbonyl (C=O) groups is 2. The van der Waals surface area contributed by atoms with Crippen LogP contribution < -0.4 is 5.32 Å². The first-order chi connectivity index (χ1) is 13.8. The highest BCUT2D eigenvalue weighted by Crippen LogP contribution is 2.10. The zero-order valence-corrected chi connectivity index (χ0v) is 17.0. The van der Waals surface area contributed by atoms with Crippen molar-refractivity contribution in [2.75, 3.05) is 13.6 Å². The molecule has 1 atom stereocenters. The molecule has 9 nitrogen and oxygen atoms in total. The van der Waals surface area contributed by atoms with Crippen molar-refractivity contribution in [3.8, 4) is 5.82 Å². The number of nitrogens with zero attached hydrogens (tertiary/aromatic N) is 6. The van der Waals surface area contributed by atoms with E-state index in [4.69, 9.17) is 0 Å². The van der Waals surface area contributed by atoms with Crippen LogP contribution in [0.4, 0.5) is 0 Å². The van der Waals surface area contributed by atoms with E-state index in [1.807, 2.05) is 32.0 Å². The zero-order valence-electron chi connectivity index (χ0n) is 17.0. The largest absolute Gasteiger partial charge is 0.350 e. The average molecular weight is 395 g/mol. The van der Waals surface area contributed by atoms with Crippen LogP contribution in [0.2, 0.25) is 0 Å². The van der Waals surface area contributed by atoms with Crippen LogP contribution in [0, 0.1) is 13.8 Å². The molecule has 0 aliphatic carbocycles. The van der Waals surface area contributed by atoms with Gasteiger partial charge in [-0.05, 0) is 44.5 Å². The number of nitrogens with one attached hydrogen (secondary N) is 1. The Balaban J connectivity index is 1.51. The van der Waals surface area contributed by atoms with Crippen LogP contribution in [0.25, 0.3) is 5.82 Å². The summed E-state index contributed by atoms with van der Waals surface area (Å²) in [6, 6.07) is 7.04. The highest BCUT2D eigenvalue weighted by molar-refractivity contribution is 5.86. The van der Waals surface area contributed by atoms with Crippen molar-refractivity contribution >= 4 is 11.8 Å². The molecule has 0 aliphatic heterocycles. The molecule has 3 aromatic rings. The van der Waals surface area contributed by atoms with Crippen LogP contribution in [-0.2, 0) is 16.1 Å². The molecule has 152 valence electrons. The summed E-state index contributed by atoms with van der Waals surface area (Å²) in [5, 5.41) is 11.3. The topological polar surface area (TPSA) is 97.9 Å². The van der Waals surface area contributed by atoms with Crippen molar-refractivity contribution in [1.82, 2.24) is 34.8 Å².